The van der Waals surface area contributed by atoms with Crippen molar-refractivity contribution >= 4 is 59.8 Å². The number of hydrogen-bond acceptors (Lipinski definition) is 7. The molecule has 7 nitrogen and oxygen atoms in total. The summed E-state index contributed by atoms with van der Waals surface area (Å²) in [5.41, 5.74) is 2.21. The second-order valence-electron chi connectivity index (χ2n) is 5.67. The smallest absolute Gasteiger partial charge is 0.273 e. The van der Waals surface area contributed by atoms with Crippen molar-refractivity contribution in [1.29, 1.82) is 0 Å². The van der Waals surface area contributed by atoms with E-state index < -0.39 is 10.8 Å². The van der Waals surface area contributed by atoms with Crippen LogP contribution in [0.1, 0.15) is 20.9 Å². The number of nitro benzene ring substituents is 1. The van der Waals surface area contributed by atoms with Gasteiger partial charge in [-0.2, -0.15) is 0 Å². The molecular weight excluding hydrogens is 372 g/mol. The fourth-order valence-electron chi connectivity index (χ4n) is 2.77. The van der Waals surface area contributed by atoms with Gasteiger partial charge in [0.1, 0.15) is 0 Å². The minimum Gasteiger partial charge on any atom is -0.298 e. The predicted molar refractivity (Wildman–Crippen MR) is 103 cm³/mol. The Morgan fingerprint density at radius 3 is 2.50 bits per heavy atom. The van der Waals surface area contributed by atoms with Gasteiger partial charge in [-0.05, 0) is 32.0 Å². The minimum absolute atomic E-state index is 0.0798. The molecule has 0 spiro atoms. The van der Waals surface area contributed by atoms with Gasteiger partial charge in [-0.25, -0.2) is 9.97 Å². The monoisotopic (exact) mass is 384 g/mol. The number of carbonyl (C=O) groups excluding carboxylic acids is 1. The number of carbonyl (C=O) groups is 1. The lowest BCUT2D eigenvalue weighted by atomic mass is 10.1. The van der Waals surface area contributed by atoms with E-state index in [0.29, 0.717) is 10.7 Å². The molecule has 0 fully saturated rings. The zero-order valence-electron chi connectivity index (χ0n) is 13.8. The van der Waals surface area contributed by atoms with E-state index in [1.807, 2.05) is 19.1 Å². The van der Waals surface area contributed by atoms with Crippen molar-refractivity contribution in [3.8, 4) is 0 Å². The average Bonchev–Trinajstić information content (AvgIpc) is 3.16. The number of nitrogens with zero attached hydrogens (tertiary/aromatic N) is 3. The van der Waals surface area contributed by atoms with Gasteiger partial charge in [-0.15, -0.1) is 11.3 Å². The lowest BCUT2D eigenvalue weighted by Crippen LogP contribution is -2.13. The molecule has 0 unspecified atom stereocenters. The Morgan fingerprint density at radius 2 is 1.77 bits per heavy atom. The average molecular weight is 384 g/mol. The van der Waals surface area contributed by atoms with E-state index in [1.54, 1.807) is 24.3 Å². The molecule has 130 valence electrons. The standard InChI is InChI=1S/C17H12N4O3S2/c1-8-10(4-3-5-13(8)21(23)24)16(22)20-17-19-12-7-6-11-14(15(12)26-17)25-9(2)18-11/h3-7H,1-2H3,(H,19,20,22). The third kappa shape index (κ3) is 2.71. The summed E-state index contributed by atoms with van der Waals surface area (Å²) in [5.74, 6) is -0.415. The van der Waals surface area contributed by atoms with Crippen LogP contribution in [0.15, 0.2) is 30.3 Å². The molecule has 0 bridgehead atoms. The summed E-state index contributed by atoms with van der Waals surface area (Å²) >= 11 is 2.96. The number of thiazole rings is 2. The van der Waals surface area contributed by atoms with Crippen LogP contribution in [0, 0.1) is 24.0 Å². The maximum atomic E-state index is 12.6. The maximum absolute atomic E-state index is 12.6. The van der Waals surface area contributed by atoms with Gasteiger partial charge in [0.15, 0.2) is 5.13 Å². The second-order valence-corrected chi connectivity index (χ2v) is 7.88. The fourth-order valence-corrected chi connectivity index (χ4v) is 4.77. The molecular formula is C17H12N4O3S2. The van der Waals surface area contributed by atoms with Gasteiger partial charge in [-0.1, -0.05) is 17.4 Å². The zero-order chi connectivity index (χ0) is 18.4. The van der Waals surface area contributed by atoms with Gasteiger partial charge in [0.2, 0.25) is 0 Å². The SMILES string of the molecule is Cc1nc2ccc3nc(NC(=O)c4cccc([N+](=O)[O-])c4C)sc3c2s1. The Morgan fingerprint density at radius 1 is 1.08 bits per heavy atom. The highest BCUT2D eigenvalue weighted by atomic mass is 32.1. The number of nitro groups is 1. The van der Waals surface area contributed by atoms with Crippen LogP contribution >= 0.6 is 22.7 Å². The molecule has 4 rings (SSSR count). The summed E-state index contributed by atoms with van der Waals surface area (Å²) in [6.45, 7) is 3.51. The van der Waals surface area contributed by atoms with Gasteiger partial charge in [0, 0.05) is 17.2 Å². The Hall–Kier alpha value is -2.91. The van der Waals surface area contributed by atoms with Crippen LogP contribution in [0.4, 0.5) is 10.8 Å². The number of amides is 1. The Labute approximate surface area is 155 Å². The van der Waals surface area contributed by atoms with E-state index in [1.165, 1.54) is 23.5 Å². The number of anilines is 1. The summed E-state index contributed by atoms with van der Waals surface area (Å²) < 4.78 is 2.02. The number of benzene rings is 2. The van der Waals surface area contributed by atoms with E-state index in [9.17, 15) is 14.9 Å². The van der Waals surface area contributed by atoms with E-state index in [0.717, 1.165) is 25.4 Å². The van der Waals surface area contributed by atoms with Crippen molar-refractivity contribution in [3.05, 3.63) is 56.6 Å². The van der Waals surface area contributed by atoms with E-state index in [-0.39, 0.29) is 11.3 Å². The molecule has 0 atom stereocenters. The van der Waals surface area contributed by atoms with Crippen molar-refractivity contribution in [2.75, 3.05) is 5.32 Å². The van der Waals surface area contributed by atoms with Crippen molar-refractivity contribution < 1.29 is 9.72 Å². The first-order chi connectivity index (χ1) is 12.4. The highest BCUT2D eigenvalue weighted by Crippen LogP contribution is 2.36. The Balaban J connectivity index is 1.71. The predicted octanol–water partition coefficient (Wildman–Crippen LogP) is 4.68. The van der Waals surface area contributed by atoms with E-state index in [4.69, 9.17) is 0 Å². The van der Waals surface area contributed by atoms with Gasteiger partial charge in [0.05, 0.1) is 30.4 Å². The van der Waals surface area contributed by atoms with E-state index >= 15 is 0 Å². The second kappa shape index (κ2) is 6.11. The van der Waals surface area contributed by atoms with Gasteiger partial charge >= 0.3 is 0 Å². The molecule has 9 heteroatoms. The molecule has 1 N–H and O–H groups in total. The Kier molecular flexibility index (Phi) is 3.89. The van der Waals surface area contributed by atoms with Crippen molar-refractivity contribution in [2.24, 2.45) is 0 Å². The first kappa shape index (κ1) is 16.6. The summed E-state index contributed by atoms with van der Waals surface area (Å²) in [6.07, 6.45) is 0. The summed E-state index contributed by atoms with van der Waals surface area (Å²) in [6, 6.07) is 8.24. The highest BCUT2D eigenvalue weighted by molar-refractivity contribution is 7.28. The topological polar surface area (TPSA) is 98.0 Å². The molecule has 26 heavy (non-hydrogen) atoms. The first-order valence-corrected chi connectivity index (χ1v) is 9.29. The lowest BCUT2D eigenvalue weighted by molar-refractivity contribution is -0.385. The van der Waals surface area contributed by atoms with Crippen LogP contribution in [-0.4, -0.2) is 20.8 Å². The third-order valence-corrected chi connectivity index (χ3v) is 6.12. The number of aromatic nitrogens is 2. The van der Waals surface area contributed by atoms with Crippen molar-refractivity contribution in [3.63, 3.8) is 0 Å². The van der Waals surface area contributed by atoms with Gasteiger partial charge < -0.3 is 0 Å². The van der Waals surface area contributed by atoms with Gasteiger partial charge in [0.25, 0.3) is 11.6 Å². The fraction of sp³-hybridized carbons (Fsp3) is 0.118. The van der Waals surface area contributed by atoms with Crippen LogP contribution in [0.5, 0.6) is 0 Å². The molecule has 0 saturated carbocycles. The normalized spacial score (nSPS) is 11.2. The molecule has 0 saturated heterocycles. The highest BCUT2D eigenvalue weighted by Gasteiger charge is 2.19. The van der Waals surface area contributed by atoms with Crippen molar-refractivity contribution in [2.45, 2.75) is 13.8 Å². The quantitative estimate of drug-likeness (QED) is 0.408. The molecule has 2 aromatic heterocycles. The number of fused-ring (bicyclic) bond motifs is 3. The zero-order valence-corrected chi connectivity index (χ0v) is 15.4. The molecule has 0 radical (unpaired) electrons. The summed E-state index contributed by atoms with van der Waals surface area (Å²) in [7, 11) is 0. The van der Waals surface area contributed by atoms with Crippen molar-refractivity contribution in [1.82, 2.24) is 9.97 Å². The Bertz CT molecular complexity index is 1200. The number of rotatable bonds is 3. The van der Waals surface area contributed by atoms with Crippen LogP contribution in [0.3, 0.4) is 0 Å². The van der Waals surface area contributed by atoms with Crippen LogP contribution in [0.2, 0.25) is 0 Å². The summed E-state index contributed by atoms with van der Waals surface area (Å²) in [4.78, 5) is 32.1. The number of aryl methyl sites for hydroxylation is 1. The van der Waals surface area contributed by atoms with Crippen LogP contribution < -0.4 is 5.32 Å². The molecule has 1 amide bonds. The molecule has 2 heterocycles. The van der Waals surface area contributed by atoms with Gasteiger partial charge in [-0.3, -0.25) is 20.2 Å². The largest absolute Gasteiger partial charge is 0.298 e. The molecule has 0 aliphatic rings. The molecule has 0 aliphatic carbocycles. The molecule has 4 aromatic rings. The lowest BCUT2D eigenvalue weighted by Gasteiger charge is -2.05. The first-order valence-electron chi connectivity index (χ1n) is 7.66. The summed E-state index contributed by atoms with van der Waals surface area (Å²) in [5, 5.41) is 15.2. The minimum atomic E-state index is -0.493. The number of hydrogen-bond donors (Lipinski definition) is 1. The molecule has 0 aliphatic heterocycles. The maximum Gasteiger partial charge on any atom is 0.273 e. The van der Waals surface area contributed by atoms with E-state index in [2.05, 4.69) is 15.3 Å². The van der Waals surface area contributed by atoms with Crippen LogP contribution in [0.25, 0.3) is 20.4 Å². The third-order valence-electron chi connectivity index (χ3n) is 3.99. The number of nitrogens with one attached hydrogen (secondary N) is 1. The molecule has 2 aromatic carbocycles. The van der Waals surface area contributed by atoms with Crippen LogP contribution in [-0.2, 0) is 0 Å².